The highest BCUT2D eigenvalue weighted by molar-refractivity contribution is 7.15. The number of fused-ring (bicyclic) bond motifs is 1. The number of hydrogen-bond acceptors (Lipinski definition) is 3. The molecule has 0 amide bonds. The molecule has 0 spiro atoms. The Hall–Kier alpha value is -0.870. The van der Waals surface area contributed by atoms with Crippen LogP contribution in [0, 0.1) is 11.8 Å². The van der Waals surface area contributed by atoms with E-state index in [0.717, 1.165) is 23.5 Å². The van der Waals surface area contributed by atoms with Crippen LogP contribution >= 0.6 is 11.3 Å². The van der Waals surface area contributed by atoms with Crippen LogP contribution in [-0.4, -0.2) is 20.1 Å². The van der Waals surface area contributed by atoms with Gasteiger partial charge in [0.2, 0.25) is 0 Å². The topological polar surface area (TPSA) is 37.5 Å². The molecular weight excluding hydrogens is 244 g/mol. The Bertz CT molecular complexity index is 518. The van der Waals surface area contributed by atoms with Gasteiger partial charge in [0.05, 0.1) is 11.3 Å². The minimum Gasteiger partial charge on any atom is -0.389 e. The lowest BCUT2D eigenvalue weighted by Gasteiger charge is -2.41. The van der Waals surface area contributed by atoms with Gasteiger partial charge in [-0.15, -0.1) is 11.3 Å². The standard InChI is InChI=1S/C14H20N2OS/c1-10-4-3-5-14(17,11(10)2)8-12-9-16-6-7-18-13(16)15-12/h6-7,9-11,17H,3-5,8H2,1-2H3. The molecule has 3 rings (SSSR count). The number of imidazole rings is 1. The van der Waals surface area contributed by atoms with Gasteiger partial charge >= 0.3 is 0 Å². The number of rotatable bonds is 2. The van der Waals surface area contributed by atoms with E-state index >= 15 is 0 Å². The number of aliphatic hydroxyl groups is 1. The van der Waals surface area contributed by atoms with Gasteiger partial charge in [0.15, 0.2) is 4.96 Å². The molecule has 3 atom stereocenters. The minimum atomic E-state index is -0.568. The summed E-state index contributed by atoms with van der Waals surface area (Å²) in [6.07, 6.45) is 8.03. The summed E-state index contributed by atoms with van der Waals surface area (Å²) in [7, 11) is 0. The molecule has 2 aromatic rings. The Kier molecular flexibility index (Phi) is 2.94. The van der Waals surface area contributed by atoms with Crippen molar-refractivity contribution in [1.29, 1.82) is 0 Å². The maximum Gasteiger partial charge on any atom is 0.193 e. The molecule has 98 valence electrons. The van der Waals surface area contributed by atoms with E-state index in [2.05, 4.69) is 25.0 Å². The highest BCUT2D eigenvalue weighted by Crippen LogP contribution is 2.39. The Morgan fingerprint density at radius 2 is 2.39 bits per heavy atom. The minimum absolute atomic E-state index is 0.353. The molecule has 0 aromatic carbocycles. The van der Waals surface area contributed by atoms with Crippen LogP contribution in [0.3, 0.4) is 0 Å². The smallest absolute Gasteiger partial charge is 0.193 e. The summed E-state index contributed by atoms with van der Waals surface area (Å²) in [5.41, 5.74) is 0.451. The fourth-order valence-electron chi connectivity index (χ4n) is 3.16. The lowest BCUT2D eigenvalue weighted by molar-refractivity contribution is -0.0626. The number of thiazole rings is 1. The van der Waals surface area contributed by atoms with Gasteiger partial charge in [0.1, 0.15) is 0 Å². The van der Waals surface area contributed by atoms with Gasteiger partial charge in [-0.25, -0.2) is 4.98 Å². The zero-order valence-electron chi connectivity index (χ0n) is 11.0. The zero-order chi connectivity index (χ0) is 12.8. The molecule has 0 bridgehead atoms. The van der Waals surface area contributed by atoms with Crippen LogP contribution in [0.25, 0.3) is 4.96 Å². The van der Waals surface area contributed by atoms with Gasteiger partial charge in [-0.2, -0.15) is 0 Å². The van der Waals surface area contributed by atoms with Crippen LogP contribution in [0.2, 0.25) is 0 Å². The molecule has 1 saturated carbocycles. The average Bonchev–Trinajstić information content (AvgIpc) is 2.86. The molecule has 18 heavy (non-hydrogen) atoms. The molecule has 1 fully saturated rings. The molecular formula is C14H20N2OS. The van der Waals surface area contributed by atoms with E-state index in [1.165, 1.54) is 6.42 Å². The monoisotopic (exact) mass is 264 g/mol. The second-order valence-corrected chi connectivity index (χ2v) is 6.64. The van der Waals surface area contributed by atoms with E-state index in [4.69, 9.17) is 0 Å². The van der Waals surface area contributed by atoms with Crippen LogP contribution in [-0.2, 0) is 6.42 Å². The van der Waals surface area contributed by atoms with Crippen molar-refractivity contribution in [2.75, 3.05) is 0 Å². The van der Waals surface area contributed by atoms with Crippen LogP contribution in [0.1, 0.15) is 38.8 Å². The molecule has 3 nitrogen and oxygen atoms in total. The van der Waals surface area contributed by atoms with Gasteiger partial charge in [0.25, 0.3) is 0 Å². The molecule has 0 aliphatic heterocycles. The largest absolute Gasteiger partial charge is 0.389 e. The van der Waals surface area contributed by atoms with Crippen molar-refractivity contribution in [2.45, 2.75) is 45.1 Å². The van der Waals surface area contributed by atoms with Crippen molar-refractivity contribution in [3.8, 4) is 0 Å². The van der Waals surface area contributed by atoms with Crippen molar-refractivity contribution in [1.82, 2.24) is 9.38 Å². The summed E-state index contributed by atoms with van der Waals surface area (Å²) in [5, 5.41) is 12.9. The van der Waals surface area contributed by atoms with Gasteiger partial charge in [-0.1, -0.05) is 26.7 Å². The van der Waals surface area contributed by atoms with E-state index < -0.39 is 5.60 Å². The summed E-state index contributed by atoms with van der Waals surface area (Å²) in [6, 6.07) is 0. The van der Waals surface area contributed by atoms with Gasteiger partial charge in [0, 0.05) is 24.2 Å². The molecule has 4 heteroatoms. The first kappa shape index (κ1) is 12.2. The average molecular weight is 264 g/mol. The SMILES string of the molecule is CC1CCCC(O)(Cc2cn3ccsc3n2)C1C. The first-order valence-corrected chi connectivity index (χ1v) is 7.60. The third-order valence-corrected chi connectivity index (χ3v) is 5.37. The highest BCUT2D eigenvalue weighted by atomic mass is 32.1. The van der Waals surface area contributed by atoms with Gasteiger partial charge < -0.3 is 5.11 Å². The number of hydrogen-bond donors (Lipinski definition) is 1. The Morgan fingerprint density at radius 1 is 1.56 bits per heavy atom. The molecule has 3 unspecified atom stereocenters. The lowest BCUT2D eigenvalue weighted by Crippen LogP contribution is -2.44. The first-order chi connectivity index (χ1) is 8.58. The van der Waals surface area contributed by atoms with Crippen molar-refractivity contribution < 1.29 is 5.11 Å². The molecule has 1 aliphatic carbocycles. The summed E-state index contributed by atoms with van der Waals surface area (Å²) >= 11 is 1.64. The zero-order valence-corrected chi connectivity index (χ0v) is 11.8. The second-order valence-electron chi connectivity index (χ2n) is 5.76. The second kappa shape index (κ2) is 4.35. The van der Waals surface area contributed by atoms with Gasteiger partial charge in [-0.05, 0) is 18.3 Å². The summed E-state index contributed by atoms with van der Waals surface area (Å²) in [4.78, 5) is 5.61. The van der Waals surface area contributed by atoms with E-state index in [9.17, 15) is 5.11 Å². The van der Waals surface area contributed by atoms with Crippen LogP contribution < -0.4 is 0 Å². The molecule has 0 radical (unpaired) electrons. The van der Waals surface area contributed by atoms with Crippen LogP contribution in [0.15, 0.2) is 17.8 Å². The maximum atomic E-state index is 10.9. The molecule has 0 saturated heterocycles. The Balaban J connectivity index is 1.84. The molecule has 1 aliphatic rings. The van der Waals surface area contributed by atoms with Gasteiger partial charge in [-0.3, -0.25) is 4.40 Å². The fraction of sp³-hybridized carbons (Fsp3) is 0.643. The third-order valence-electron chi connectivity index (χ3n) is 4.60. The maximum absolute atomic E-state index is 10.9. The molecule has 2 heterocycles. The fourth-order valence-corrected chi connectivity index (χ4v) is 3.88. The first-order valence-electron chi connectivity index (χ1n) is 6.72. The predicted octanol–water partition coefficient (Wildman–Crippen LogP) is 3.13. The van der Waals surface area contributed by atoms with Crippen molar-refractivity contribution in [3.05, 3.63) is 23.5 Å². The van der Waals surface area contributed by atoms with Crippen molar-refractivity contribution in [3.63, 3.8) is 0 Å². The molecule has 2 aromatic heterocycles. The number of nitrogens with zero attached hydrogens (tertiary/aromatic N) is 2. The van der Waals surface area contributed by atoms with Crippen molar-refractivity contribution >= 4 is 16.3 Å². The Labute approximate surface area is 111 Å². The third kappa shape index (κ3) is 1.97. The van der Waals surface area contributed by atoms with E-state index in [-0.39, 0.29) is 0 Å². The molecule has 1 N–H and O–H groups in total. The number of aromatic nitrogens is 2. The van der Waals surface area contributed by atoms with E-state index in [0.29, 0.717) is 18.3 Å². The summed E-state index contributed by atoms with van der Waals surface area (Å²) in [5.74, 6) is 0.957. The predicted molar refractivity (Wildman–Crippen MR) is 73.9 cm³/mol. The normalized spacial score (nSPS) is 33.1. The van der Waals surface area contributed by atoms with Crippen LogP contribution in [0.4, 0.5) is 0 Å². The highest BCUT2D eigenvalue weighted by Gasteiger charge is 2.40. The summed E-state index contributed by atoms with van der Waals surface area (Å²) < 4.78 is 2.04. The Morgan fingerprint density at radius 3 is 3.17 bits per heavy atom. The van der Waals surface area contributed by atoms with Crippen molar-refractivity contribution in [2.24, 2.45) is 11.8 Å². The van der Waals surface area contributed by atoms with E-state index in [1.807, 2.05) is 16.0 Å². The quantitative estimate of drug-likeness (QED) is 0.905. The lowest BCUT2D eigenvalue weighted by atomic mass is 9.69. The van der Waals surface area contributed by atoms with Crippen LogP contribution in [0.5, 0.6) is 0 Å². The summed E-state index contributed by atoms with van der Waals surface area (Å²) in [6.45, 7) is 4.43. The van der Waals surface area contributed by atoms with E-state index in [1.54, 1.807) is 11.3 Å².